The van der Waals surface area contributed by atoms with Gasteiger partial charge in [0.2, 0.25) is 0 Å². The van der Waals surface area contributed by atoms with Crippen molar-refractivity contribution >= 4 is 11.7 Å². The van der Waals surface area contributed by atoms with Gasteiger partial charge in [0.25, 0.3) is 5.91 Å². The van der Waals surface area contributed by atoms with Crippen LogP contribution in [-0.2, 0) is 0 Å². The Kier molecular flexibility index (Phi) is 6.01. The highest BCUT2D eigenvalue weighted by Crippen LogP contribution is 2.23. The number of carbonyl (C=O) groups excluding carboxylic acids is 1. The molecule has 0 bridgehead atoms. The van der Waals surface area contributed by atoms with Gasteiger partial charge in [-0.15, -0.1) is 0 Å². The minimum absolute atomic E-state index is 0.113. The second-order valence-corrected chi connectivity index (χ2v) is 6.35. The molecule has 2 heterocycles. The Hall–Kier alpha value is -2.67. The van der Waals surface area contributed by atoms with E-state index < -0.39 is 0 Å². The highest BCUT2D eigenvalue weighted by Gasteiger charge is 2.14. The van der Waals surface area contributed by atoms with E-state index in [1.165, 1.54) is 26.3 Å². The van der Waals surface area contributed by atoms with Crippen molar-refractivity contribution in [1.82, 2.24) is 20.2 Å². The fourth-order valence-corrected chi connectivity index (χ4v) is 3.04. The summed E-state index contributed by atoms with van der Waals surface area (Å²) in [6, 6.07) is 7.64. The molecule has 1 fully saturated rings. The summed E-state index contributed by atoms with van der Waals surface area (Å²) in [7, 11) is 1.53. The normalized spacial score (nSPS) is 14.8. The molecule has 0 saturated carbocycles. The number of carbonyl (C=O) groups is 1. The zero-order valence-electron chi connectivity index (χ0n) is 15.1. The average Bonchev–Trinajstić information content (AvgIpc) is 2.69. The SMILES string of the molecule is CNC(=O)c1nc(-c2cccc(OCCN3CCCCC3)c2)cnc1N. The van der Waals surface area contributed by atoms with Gasteiger partial charge in [0.05, 0.1) is 11.9 Å². The third-order valence-corrected chi connectivity index (χ3v) is 4.50. The number of nitrogens with one attached hydrogen (secondary N) is 1. The van der Waals surface area contributed by atoms with Crippen molar-refractivity contribution in [3.8, 4) is 17.0 Å². The van der Waals surface area contributed by atoms with Crippen LogP contribution in [0, 0.1) is 0 Å². The topological polar surface area (TPSA) is 93.4 Å². The Bertz CT molecular complexity index is 759. The van der Waals surface area contributed by atoms with Crippen LogP contribution < -0.4 is 15.8 Å². The number of aromatic nitrogens is 2. The van der Waals surface area contributed by atoms with Crippen molar-refractivity contribution in [1.29, 1.82) is 0 Å². The van der Waals surface area contributed by atoms with Crippen molar-refractivity contribution < 1.29 is 9.53 Å². The maximum Gasteiger partial charge on any atom is 0.273 e. The summed E-state index contributed by atoms with van der Waals surface area (Å²) in [4.78, 5) is 22.7. The number of piperidine rings is 1. The molecule has 138 valence electrons. The standard InChI is InChI=1S/C19H25N5O2/c1-21-19(25)17-18(20)22-13-16(23-17)14-6-5-7-15(12-14)26-11-10-24-8-3-2-4-9-24/h5-7,12-13H,2-4,8-11H2,1H3,(H2,20,22)(H,21,25). The van der Waals surface area contributed by atoms with Crippen molar-refractivity contribution in [2.45, 2.75) is 19.3 Å². The monoisotopic (exact) mass is 355 g/mol. The molecule has 1 saturated heterocycles. The molecule has 0 unspecified atom stereocenters. The zero-order valence-corrected chi connectivity index (χ0v) is 15.1. The van der Waals surface area contributed by atoms with Gasteiger partial charge >= 0.3 is 0 Å². The Morgan fingerprint density at radius 3 is 2.88 bits per heavy atom. The molecule has 1 aliphatic heterocycles. The van der Waals surface area contributed by atoms with E-state index in [4.69, 9.17) is 10.5 Å². The molecular formula is C19H25N5O2. The summed E-state index contributed by atoms with van der Waals surface area (Å²) in [5.74, 6) is 0.535. The summed E-state index contributed by atoms with van der Waals surface area (Å²) >= 11 is 0. The van der Waals surface area contributed by atoms with Gasteiger partial charge in [0.15, 0.2) is 11.5 Å². The quantitative estimate of drug-likeness (QED) is 0.823. The van der Waals surface area contributed by atoms with Gasteiger partial charge in [-0.2, -0.15) is 0 Å². The van der Waals surface area contributed by atoms with Crippen LogP contribution in [0.1, 0.15) is 29.8 Å². The third kappa shape index (κ3) is 4.49. The van der Waals surface area contributed by atoms with Gasteiger partial charge in [0.1, 0.15) is 12.4 Å². The summed E-state index contributed by atoms with van der Waals surface area (Å²) in [5.41, 5.74) is 7.29. The summed E-state index contributed by atoms with van der Waals surface area (Å²) in [6.07, 6.45) is 5.45. The number of benzene rings is 1. The average molecular weight is 355 g/mol. The van der Waals surface area contributed by atoms with Crippen LogP contribution in [0.5, 0.6) is 5.75 Å². The van der Waals surface area contributed by atoms with Gasteiger partial charge in [-0.05, 0) is 38.1 Å². The van der Waals surface area contributed by atoms with E-state index in [9.17, 15) is 4.79 Å². The molecule has 0 atom stereocenters. The van der Waals surface area contributed by atoms with Crippen LogP contribution in [0.15, 0.2) is 30.5 Å². The van der Waals surface area contributed by atoms with Crippen molar-refractivity contribution in [2.24, 2.45) is 0 Å². The first kappa shape index (κ1) is 18.1. The Morgan fingerprint density at radius 2 is 2.12 bits per heavy atom. The lowest BCUT2D eigenvalue weighted by atomic mass is 10.1. The Balaban J connectivity index is 1.68. The number of nitrogens with zero attached hydrogens (tertiary/aromatic N) is 3. The maximum atomic E-state index is 11.9. The molecule has 3 N–H and O–H groups in total. The van der Waals surface area contributed by atoms with Gasteiger partial charge < -0.3 is 15.8 Å². The number of ether oxygens (including phenoxy) is 1. The largest absolute Gasteiger partial charge is 0.492 e. The number of hydrogen-bond acceptors (Lipinski definition) is 6. The summed E-state index contributed by atoms with van der Waals surface area (Å²) in [6.45, 7) is 3.91. The molecule has 7 heteroatoms. The highest BCUT2D eigenvalue weighted by atomic mass is 16.5. The lowest BCUT2D eigenvalue weighted by molar-refractivity contribution is 0.0959. The molecule has 0 radical (unpaired) electrons. The first-order chi connectivity index (χ1) is 12.7. The number of hydrogen-bond donors (Lipinski definition) is 2. The number of likely N-dealkylation sites (tertiary alicyclic amines) is 1. The van der Waals surface area contributed by atoms with E-state index in [1.54, 1.807) is 6.20 Å². The Labute approximate surface area is 153 Å². The molecule has 1 aromatic heterocycles. The van der Waals surface area contributed by atoms with Crippen molar-refractivity contribution in [2.75, 3.05) is 39.0 Å². The van der Waals surface area contributed by atoms with E-state index in [2.05, 4.69) is 20.2 Å². The van der Waals surface area contributed by atoms with Crippen LogP contribution in [0.25, 0.3) is 11.3 Å². The first-order valence-corrected chi connectivity index (χ1v) is 8.97. The zero-order chi connectivity index (χ0) is 18.4. The number of anilines is 1. The smallest absolute Gasteiger partial charge is 0.273 e. The second kappa shape index (κ2) is 8.62. The van der Waals surface area contributed by atoms with Crippen LogP contribution in [0.4, 0.5) is 5.82 Å². The molecule has 2 aromatic rings. The third-order valence-electron chi connectivity index (χ3n) is 4.50. The molecule has 3 rings (SSSR count). The van der Waals surface area contributed by atoms with E-state index in [0.29, 0.717) is 12.3 Å². The minimum atomic E-state index is -0.356. The van der Waals surface area contributed by atoms with Crippen molar-refractivity contribution in [3.63, 3.8) is 0 Å². The van der Waals surface area contributed by atoms with E-state index in [1.807, 2.05) is 24.3 Å². The van der Waals surface area contributed by atoms with Gasteiger partial charge in [-0.1, -0.05) is 18.6 Å². The van der Waals surface area contributed by atoms with Gasteiger partial charge in [0, 0.05) is 19.2 Å². The number of rotatable bonds is 6. The number of nitrogen functional groups attached to an aromatic ring is 1. The minimum Gasteiger partial charge on any atom is -0.492 e. The van der Waals surface area contributed by atoms with Crippen molar-refractivity contribution in [3.05, 3.63) is 36.2 Å². The highest BCUT2D eigenvalue weighted by molar-refractivity contribution is 5.96. The predicted octanol–water partition coefficient (Wildman–Crippen LogP) is 1.95. The van der Waals surface area contributed by atoms with Crippen LogP contribution in [0.3, 0.4) is 0 Å². The molecular weight excluding hydrogens is 330 g/mol. The predicted molar refractivity (Wildman–Crippen MR) is 101 cm³/mol. The fraction of sp³-hybridized carbons (Fsp3) is 0.421. The van der Waals surface area contributed by atoms with Crippen LogP contribution in [0.2, 0.25) is 0 Å². The summed E-state index contributed by atoms with van der Waals surface area (Å²) < 4.78 is 5.90. The van der Waals surface area contributed by atoms with Crippen LogP contribution >= 0.6 is 0 Å². The van der Waals surface area contributed by atoms with E-state index in [0.717, 1.165) is 30.9 Å². The second-order valence-electron chi connectivity index (χ2n) is 6.35. The van der Waals surface area contributed by atoms with E-state index in [-0.39, 0.29) is 17.4 Å². The molecule has 0 aliphatic carbocycles. The molecule has 0 spiro atoms. The van der Waals surface area contributed by atoms with Gasteiger partial charge in [-0.3, -0.25) is 9.69 Å². The molecule has 1 amide bonds. The molecule has 26 heavy (non-hydrogen) atoms. The number of nitrogens with two attached hydrogens (primary N) is 1. The maximum absolute atomic E-state index is 11.9. The fourth-order valence-electron chi connectivity index (χ4n) is 3.04. The van der Waals surface area contributed by atoms with Gasteiger partial charge in [-0.25, -0.2) is 9.97 Å². The van der Waals surface area contributed by atoms with E-state index >= 15 is 0 Å². The molecule has 7 nitrogen and oxygen atoms in total. The molecule has 1 aliphatic rings. The van der Waals surface area contributed by atoms with Crippen LogP contribution in [-0.4, -0.2) is 54.1 Å². The lowest BCUT2D eigenvalue weighted by Gasteiger charge is -2.26. The first-order valence-electron chi connectivity index (χ1n) is 8.97. The Morgan fingerprint density at radius 1 is 1.31 bits per heavy atom. The summed E-state index contributed by atoms with van der Waals surface area (Å²) in [5, 5.41) is 2.52. The number of amides is 1. The lowest BCUT2D eigenvalue weighted by Crippen LogP contribution is -2.33. The molecule has 1 aromatic carbocycles.